The van der Waals surface area contributed by atoms with E-state index in [-0.39, 0.29) is 0 Å². The van der Waals surface area contributed by atoms with Crippen molar-refractivity contribution in [2.75, 3.05) is 7.05 Å². The minimum atomic E-state index is 0.629. The first-order chi connectivity index (χ1) is 6.50. The fourth-order valence-electron chi connectivity index (χ4n) is 1.24. The Labute approximate surface area is 88.9 Å². The van der Waals surface area contributed by atoms with E-state index >= 15 is 0 Å². The summed E-state index contributed by atoms with van der Waals surface area (Å²) in [5, 5.41) is 2.13. The zero-order valence-electron chi connectivity index (χ0n) is 8.29. The SMILES string of the molecule is Cc1cc(Cl)ccc1/C(N)=C/N(C)N. The predicted octanol–water partition coefficient (Wildman–Crippen LogP) is 1.71. The molecule has 0 aliphatic carbocycles. The van der Waals surface area contributed by atoms with Gasteiger partial charge in [-0.1, -0.05) is 17.7 Å². The van der Waals surface area contributed by atoms with Gasteiger partial charge in [-0.05, 0) is 24.6 Å². The minimum absolute atomic E-state index is 0.629. The van der Waals surface area contributed by atoms with Gasteiger partial charge in [-0.15, -0.1) is 0 Å². The maximum Gasteiger partial charge on any atom is 0.0566 e. The summed E-state index contributed by atoms with van der Waals surface area (Å²) in [5.74, 6) is 5.46. The highest BCUT2D eigenvalue weighted by molar-refractivity contribution is 6.30. The molecule has 0 spiro atoms. The van der Waals surface area contributed by atoms with Crippen molar-refractivity contribution in [1.29, 1.82) is 0 Å². The number of hydrogen-bond acceptors (Lipinski definition) is 3. The molecule has 0 saturated heterocycles. The summed E-state index contributed by atoms with van der Waals surface area (Å²) in [6.45, 7) is 1.96. The summed E-state index contributed by atoms with van der Waals surface area (Å²) in [4.78, 5) is 0. The summed E-state index contributed by atoms with van der Waals surface area (Å²) in [7, 11) is 1.72. The van der Waals surface area contributed by atoms with Gasteiger partial charge in [0.1, 0.15) is 0 Å². The fourth-order valence-corrected chi connectivity index (χ4v) is 1.47. The molecule has 4 N–H and O–H groups in total. The van der Waals surface area contributed by atoms with Crippen LogP contribution < -0.4 is 11.6 Å². The van der Waals surface area contributed by atoms with Gasteiger partial charge in [0.15, 0.2) is 0 Å². The fraction of sp³-hybridized carbons (Fsp3) is 0.200. The number of aryl methyl sites for hydroxylation is 1. The highest BCUT2D eigenvalue weighted by atomic mass is 35.5. The van der Waals surface area contributed by atoms with Gasteiger partial charge in [-0.25, -0.2) is 5.84 Å². The van der Waals surface area contributed by atoms with Crippen molar-refractivity contribution in [3.05, 3.63) is 40.5 Å². The molecule has 0 saturated carbocycles. The number of nitrogens with two attached hydrogens (primary N) is 2. The lowest BCUT2D eigenvalue weighted by atomic mass is 10.1. The Balaban J connectivity index is 3.07. The number of nitrogens with zero attached hydrogens (tertiary/aromatic N) is 1. The van der Waals surface area contributed by atoms with E-state index in [0.717, 1.165) is 11.1 Å². The Bertz CT molecular complexity index is 358. The van der Waals surface area contributed by atoms with Crippen LogP contribution in [0.15, 0.2) is 24.4 Å². The van der Waals surface area contributed by atoms with Gasteiger partial charge in [0, 0.05) is 23.8 Å². The molecule has 0 heterocycles. The lowest BCUT2D eigenvalue weighted by molar-refractivity contribution is 0.486. The lowest BCUT2D eigenvalue weighted by Crippen LogP contribution is -2.20. The molecule has 0 unspecified atom stereocenters. The molecule has 14 heavy (non-hydrogen) atoms. The Morgan fingerprint density at radius 1 is 1.50 bits per heavy atom. The van der Waals surface area contributed by atoms with E-state index in [1.54, 1.807) is 19.3 Å². The first-order valence-corrected chi connectivity index (χ1v) is 4.60. The van der Waals surface area contributed by atoms with Gasteiger partial charge in [-0.2, -0.15) is 0 Å². The molecule has 0 aliphatic heterocycles. The molecule has 0 amide bonds. The quantitative estimate of drug-likeness (QED) is 0.579. The van der Waals surface area contributed by atoms with E-state index in [0.29, 0.717) is 10.7 Å². The maximum atomic E-state index is 5.84. The second kappa shape index (κ2) is 4.35. The average Bonchev–Trinajstić information content (AvgIpc) is 2.01. The molecule has 0 fully saturated rings. The lowest BCUT2D eigenvalue weighted by Gasteiger charge is -2.10. The van der Waals surface area contributed by atoms with Crippen molar-refractivity contribution in [2.24, 2.45) is 11.6 Å². The summed E-state index contributed by atoms with van der Waals surface area (Å²) in [5.41, 5.74) is 8.46. The van der Waals surface area contributed by atoms with Gasteiger partial charge < -0.3 is 10.7 Å². The van der Waals surface area contributed by atoms with Gasteiger partial charge in [-0.3, -0.25) is 0 Å². The Kier molecular flexibility index (Phi) is 3.38. The Morgan fingerprint density at radius 2 is 2.14 bits per heavy atom. The van der Waals surface area contributed by atoms with Crippen LogP contribution in [0.5, 0.6) is 0 Å². The molecular weight excluding hydrogens is 198 g/mol. The van der Waals surface area contributed by atoms with Gasteiger partial charge in [0.25, 0.3) is 0 Å². The zero-order valence-corrected chi connectivity index (χ0v) is 9.05. The van der Waals surface area contributed by atoms with Crippen molar-refractivity contribution in [1.82, 2.24) is 5.01 Å². The third-order valence-electron chi connectivity index (χ3n) is 1.84. The van der Waals surface area contributed by atoms with Crippen molar-refractivity contribution >= 4 is 17.3 Å². The monoisotopic (exact) mass is 211 g/mol. The topological polar surface area (TPSA) is 55.3 Å². The van der Waals surface area contributed by atoms with Gasteiger partial charge >= 0.3 is 0 Å². The van der Waals surface area contributed by atoms with E-state index in [1.807, 2.05) is 19.1 Å². The summed E-state index contributed by atoms with van der Waals surface area (Å²) < 4.78 is 0. The molecule has 76 valence electrons. The number of halogens is 1. The smallest absolute Gasteiger partial charge is 0.0566 e. The molecular formula is C10H14ClN3. The third kappa shape index (κ3) is 2.65. The second-order valence-electron chi connectivity index (χ2n) is 3.21. The normalized spacial score (nSPS) is 11.6. The molecule has 0 atom stereocenters. The maximum absolute atomic E-state index is 5.84. The Morgan fingerprint density at radius 3 is 2.64 bits per heavy atom. The van der Waals surface area contributed by atoms with Crippen molar-refractivity contribution in [2.45, 2.75) is 6.92 Å². The highest BCUT2D eigenvalue weighted by Gasteiger charge is 2.02. The molecule has 0 aromatic heterocycles. The molecule has 3 nitrogen and oxygen atoms in total. The number of hydrazine groups is 1. The number of benzene rings is 1. The first kappa shape index (κ1) is 10.9. The van der Waals surface area contributed by atoms with Crippen LogP contribution in [0.4, 0.5) is 0 Å². The van der Waals surface area contributed by atoms with Crippen LogP contribution in [0.3, 0.4) is 0 Å². The van der Waals surface area contributed by atoms with Crippen LogP contribution >= 0.6 is 11.6 Å². The van der Waals surface area contributed by atoms with Gasteiger partial charge in [0.05, 0.1) is 5.70 Å². The van der Waals surface area contributed by atoms with Gasteiger partial charge in [0.2, 0.25) is 0 Å². The molecule has 1 rings (SSSR count). The van der Waals surface area contributed by atoms with E-state index < -0.39 is 0 Å². The van der Waals surface area contributed by atoms with Crippen LogP contribution in [0.25, 0.3) is 5.70 Å². The average molecular weight is 212 g/mol. The summed E-state index contributed by atoms with van der Waals surface area (Å²) in [6, 6.07) is 5.56. The van der Waals surface area contributed by atoms with Crippen LogP contribution in [0.1, 0.15) is 11.1 Å². The molecule has 0 aliphatic rings. The van der Waals surface area contributed by atoms with Crippen molar-refractivity contribution in [3.8, 4) is 0 Å². The minimum Gasteiger partial charge on any atom is -0.397 e. The second-order valence-corrected chi connectivity index (χ2v) is 3.65. The Hall–Kier alpha value is -1.19. The van der Waals surface area contributed by atoms with E-state index in [9.17, 15) is 0 Å². The molecule has 0 radical (unpaired) electrons. The van der Waals surface area contributed by atoms with Crippen molar-refractivity contribution < 1.29 is 0 Å². The summed E-state index contributed by atoms with van der Waals surface area (Å²) >= 11 is 5.83. The number of hydrogen-bond donors (Lipinski definition) is 2. The third-order valence-corrected chi connectivity index (χ3v) is 2.08. The van der Waals surface area contributed by atoms with Crippen LogP contribution in [0.2, 0.25) is 5.02 Å². The number of rotatable bonds is 2. The standard InChI is InChI=1S/C10H14ClN3/c1-7-5-8(11)3-4-9(7)10(12)6-14(2)13/h3-6H,12-13H2,1-2H3/b10-6-. The largest absolute Gasteiger partial charge is 0.397 e. The summed E-state index contributed by atoms with van der Waals surface area (Å²) in [6.07, 6.45) is 1.66. The van der Waals surface area contributed by atoms with E-state index in [1.165, 1.54) is 5.01 Å². The molecule has 1 aromatic carbocycles. The first-order valence-electron chi connectivity index (χ1n) is 4.22. The van der Waals surface area contributed by atoms with E-state index in [2.05, 4.69) is 0 Å². The predicted molar refractivity (Wildman–Crippen MR) is 60.3 cm³/mol. The highest BCUT2D eigenvalue weighted by Crippen LogP contribution is 2.19. The van der Waals surface area contributed by atoms with Crippen LogP contribution in [0, 0.1) is 6.92 Å². The molecule has 0 bridgehead atoms. The van der Waals surface area contributed by atoms with E-state index in [4.69, 9.17) is 23.2 Å². The van der Waals surface area contributed by atoms with Crippen LogP contribution in [-0.4, -0.2) is 12.1 Å². The van der Waals surface area contributed by atoms with Crippen LogP contribution in [-0.2, 0) is 0 Å². The zero-order chi connectivity index (χ0) is 10.7. The molecule has 4 heteroatoms. The van der Waals surface area contributed by atoms with Crippen molar-refractivity contribution in [3.63, 3.8) is 0 Å². The molecule has 1 aromatic rings.